The minimum absolute atomic E-state index is 0.107. The molecule has 0 saturated carbocycles. The summed E-state index contributed by atoms with van der Waals surface area (Å²) in [5, 5.41) is 48.4. The monoisotopic (exact) mass is 450 g/mol. The molecule has 5 N–H and O–H groups in total. The van der Waals surface area contributed by atoms with Crippen molar-refractivity contribution in [3.8, 4) is 0 Å². The molecule has 8 heteroatoms. The minimum Gasteiger partial charge on any atom is -0.394 e. The highest BCUT2D eigenvalue weighted by atomic mass is 16.7. The van der Waals surface area contributed by atoms with E-state index in [0.29, 0.717) is 6.61 Å². The molecule has 1 fully saturated rings. The Balaban J connectivity index is 1.94. The number of rotatable bonds is 19. The predicted molar refractivity (Wildman–Crippen MR) is 118 cm³/mol. The van der Waals surface area contributed by atoms with Crippen LogP contribution in [0.4, 0.5) is 0 Å². The summed E-state index contributed by atoms with van der Waals surface area (Å²) in [7, 11) is 0. The quantitative estimate of drug-likeness (QED) is 0.189. The molecular weight excluding hydrogens is 404 g/mol. The van der Waals surface area contributed by atoms with Crippen molar-refractivity contribution in [3.63, 3.8) is 0 Å². The third kappa shape index (κ3) is 12.5. The number of unbranched alkanes of at least 4 members (excludes halogenated alkanes) is 11. The van der Waals surface area contributed by atoms with Gasteiger partial charge in [0.25, 0.3) is 0 Å². The van der Waals surface area contributed by atoms with Gasteiger partial charge in [0, 0.05) is 6.61 Å². The van der Waals surface area contributed by atoms with Gasteiger partial charge in [0.2, 0.25) is 0 Å². The van der Waals surface area contributed by atoms with E-state index in [1.807, 2.05) is 0 Å². The van der Waals surface area contributed by atoms with Crippen LogP contribution in [-0.2, 0) is 14.2 Å². The number of aliphatic hydroxyl groups excluding tert-OH is 5. The molecule has 0 radical (unpaired) electrons. The molecule has 0 amide bonds. The van der Waals surface area contributed by atoms with Crippen LogP contribution < -0.4 is 0 Å². The molecule has 1 unspecified atom stereocenters. The summed E-state index contributed by atoms with van der Waals surface area (Å²) >= 11 is 0. The Hall–Kier alpha value is -0.320. The van der Waals surface area contributed by atoms with E-state index in [1.54, 1.807) is 0 Å². The Morgan fingerprint density at radius 3 is 1.84 bits per heavy atom. The van der Waals surface area contributed by atoms with Crippen LogP contribution in [0.3, 0.4) is 0 Å². The summed E-state index contributed by atoms with van der Waals surface area (Å²) in [6, 6.07) is 0. The van der Waals surface area contributed by atoms with E-state index >= 15 is 0 Å². The Labute approximate surface area is 187 Å². The molecule has 0 aliphatic carbocycles. The highest BCUT2D eigenvalue weighted by molar-refractivity contribution is 4.88. The van der Waals surface area contributed by atoms with E-state index in [-0.39, 0.29) is 13.2 Å². The van der Waals surface area contributed by atoms with Crippen LogP contribution in [0.1, 0.15) is 84.0 Å². The van der Waals surface area contributed by atoms with Crippen molar-refractivity contribution in [2.24, 2.45) is 0 Å². The van der Waals surface area contributed by atoms with Crippen molar-refractivity contribution in [1.82, 2.24) is 0 Å². The largest absolute Gasteiger partial charge is 0.394 e. The third-order valence-corrected chi connectivity index (χ3v) is 5.75. The highest BCUT2D eigenvalue weighted by Gasteiger charge is 2.44. The SMILES string of the molecule is CCCCCCCCCCCCCCOCC(O)CO[C@H]1O[C@H](CO)[C@H](O)[C@H](O)[C@H]1O. The van der Waals surface area contributed by atoms with Gasteiger partial charge >= 0.3 is 0 Å². The van der Waals surface area contributed by atoms with E-state index in [2.05, 4.69) is 6.92 Å². The number of ether oxygens (including phenoxy) is 3. The lowest BCUT2D eigenvalue weighted by Gasteiger charge is -2.39. The molecule has 0 aromatic rings. The van der Waals surface area contributed by atoms with Gasteiger partial charge in [-0.25, -0.2) is 0 Å². The van der Waals surface area contributed by atoms with Crippen LogP contribution in [0.25, 0.3) is 0 Å². The van der Waals surface area contributed by atoms with Crippen LogP contribution in [-0.4, -0.2) is 88.8 Å². The first-order valence-electron chi connectivity index (χ1n) is 12.2. The first-order valence-corrected chi connectivity index (χ1v) is 12.2. The molecule has 0 aromatic heterocycles. The van der Waals surface area contributed by atoms with Gasteiger partial charge < -0.3 is 39.7 Å². The van der Waals surface area contributed by atoms with Crippen molar-refractivity contribution in [3.05, 3.63) is 0 Å². The molecular formula is C23H46O8. The number of hydrogen-bond acceptors (Lipinski definition) is 8. The maximum atomic E-state index is 9.95. The van der Waals surface area contributed by atoms with Crippen LogP contribution in [0.5, 0.6) is 0 Å². The molecule has 1 heterocycles. The average molecular weight is 451 g/mol. The van der Waals surface area contributed by atoms with Crippen LogP contribution >= 0.6 is 0 Å². The zero-order valence-corrected chi connectivity index (χ0v) is 19.2. The van der Waals surface area contributed by atoms with Gasteiger partial charge in [-0.3, -0.25) is 0 Å². The minimum atomic E-state index is -1.49. The van der Waals surface area contributed by atoms with Crippen LogP contribution in [0.15, 0.2) is 0 Å². The van der Waals surface area contributed by atoms with E-state index in [9.17, 15) is 20.4 Å². The Bertz CT molecular complexity index is 409. The molecule has 1 aliphatic heterocycles. The fourth-order valence-corrected chi connectivity index (χ4v) is 3.72. The van der Waals surface area contributed by atoms with Crippen molar-refractivity contribution in [2.75, 3.05) is 26.4 Å². The zero-order valence-electron chi connectivity index (χ0n) is 19.2. The normalized spacial score (nSPS) is 27.5. The maximum Gasteiger partial charge on any atom is 0.186 e. The predicted octanol–water partition coefficient (Wildman–Crippen LogP) is 1.88. The zero-order chi connectivity index (χ0) is 22.9. The summed E-state index contributed by atoms with van der Waals surface area (Å²) in [5.41, 5.74) is 0. The lowest BCUT2D eigenvalue weighted by Crippen LogP contribution is -2.59. The second-order valence-corrected chi connectivity index (χ2v) is 8.65. The van der Waals surface area contributed by atoms with Gasteiger partial charge in [-0.1, -0.05) is 77.6 Å². The van der Waals surface area contributed by atoms with Crippen LogP contribution in [0.2, 0.25) is 0 Å². The molecule has 1 saturated heterocycles. The molecule has 0 bridgehead atoms. The first-order chi connectivity index (χ1) is 15.0. The lowest BCUT2D eigenvalue weighted by atomic mass is 9.99. The summed E-state index contributed by atoms with van der Waals surface area (Å²) in [5.74, 6) is 0. The van der Waals surface area contributed by atoms with Gasteiger partial charge in [-0.05, 0) is 6.42 Å². The molecule has 186 valence electrons. The fourth-order valence-electron chi connectivity index (χ4n) is 3.72. The Morgan fingerprint density at radius 1 is 0.742 bits per heavy atom. The Kier molecular flexibility index (Phi) is 16.8. The van der Waals surface area contributed by atoms with Crippen LogP contribution in [0, 0.1) is 0 Å². The van der Waals surface area contributed by atoms with Crippen molar-refractivity contribution < 1.29 is 39.7 Å². The molecule has 8 nitrogen and oxygen atoms in total. The lowest BCUT2D eigenvalue weighted by molar-refractivity contribution is -0.305. The smallest absolute Gasteiger partial charge is 0.186 e. The number of hydrogen-bond donors (Lipinski definition) is 5. The molecule has 6 atom stereocenters. The third-order valence-electron chi connectivity index (χ3n) is 5.75. The van der Waals surface area contributed by atoms with Crippen molar-refractivity contribution in [1.29, 1.82) is 0 Å². The highest BCUT2D eigenvalue weighted by Crippen LogP contribution is 2.22. The van der Waals surface area contributed by atoms with E-state index in [4.69, 9.17) is 19.3 Å². The molecule has 1 aliphatic rings. The van der Waals surface area contributed by atoms with Gasteiger partial charge in [0.15, 0.2) is 6.29 Å². The second kappa shape index (κ2) is 18.1. The van der Waals surface area contributed by atoms with Crippen molar-refractivity contribution in [2.45, 2.75) is 121 Å². The molecule has 31 heavy (non-hydrogen) atoms. The average Bonchev–Trinajstić information content (AvgIpc) is 2.77. The van der Waals surface area contributed by atoms with Gasteiger partial charge in [0.1, 0.15) is 30.5 Å². The fraction of sp³-hybridized carbons (Fsp3) is 1.00. The molecule has 0 aromatic carbocycles. The van der Waals surface area contributed by atoms with Crippen molar-refractivity contribution >= 4 is 0 Å². The standard InChI is InChI=1S/C23H46O8/c1-2-3-4-5-6-7-8-9-10-11-12-13-14-29-16-18(25)17-30-23-22(28)21(27)20(26)19(15-24)31-23/h18-28H,2-17H2,1H3/t18?,19-,20+,21+,22-,23+/m1/s1. The number of aliphatic hydroxyl groups is 5. The van der Waals surface area contributed by atoms with Gasteiger partial charge in [-0.2, -0.15) is 0 Å². The Morgan fingerprint density at radius 2 is 1.29 bits per heavy atom. The topological polar surface area (TPSA) is 129 Å². The molecule has 1 rings (SSSR count). The molecule has 0 spiro atoms. The van der Waals surface area contributed by atoms with Gasteiger partial charge in [0.05, 0.1) is 19.8 Å². The summed E-state index contributed by atoms with van der Waals surface area (Å²) in [6.07, 6.45) is 7.81. The second-order valence-electron chi connectivity index (χ2n) is 8.65. The first kappa shape index (κ1) is 28.7. The van der Waals surface area contributed by atoms with E-state index < -0.39 is 43.4 Å². The maximum absolute atomic E-state index is 9.95. The van der Waals surface area contributed by atoms with E-state index in [0.717, 1.165) is 12.8 Å². The summed E-state index contributed by atoms with van der Waals surface area (Å²) in [4.78, 5) is 0. The van der Waals surface area contributed by atoms with E-state index in [1.165, 1.54) is 64.2 Å². The van der Waals surface area contributed by atoms with Gasteiger partial charge in [-0.15, -0.1) is 0 Å². The summed E-state index contributed by atoms with van der Waals surface area (Å²) in [6.45, 7) is 2.26. The summed E-state index contributed by atoms with van der Waals surface area (Å²) < 4.78 is 16.0.